The molecule has 194 valence electrons. The second-order valence-corrected chi connectivity index (χ2v) is 19.2. The summed E-state index contributed by atoms with van der Waals surface area (Å²) in [5.41, 5.74) is 5.41. The van der Waals surface area contributed by atoms with E-state index in [9.17, 15) is 0 Å². The van der Waals surface area contributed by atoms with Crippen molar-refractivity contribution in [1.29, 1.82) is 0 Å². The van der Waals surface area contributed by atoms with Gasteiger partial charge in [0.2, 0.25) is 0 Å². The molecule has 0 aromatic heterocycles. The summed E-state index contributed by atoms with van der Waals surface area (Å²) in [5, 5.41) is 0. The van der Waals surface area contributed by atoms with E-state index in [1.165, 1.54) is 48.4 Å². The van der Waals surface area contributed by atoms with E-state index in [0.717, 1.165) is 0 Å². The van der Waals surface area contributed by atoms with Crippen LogP contribution in [0.3, 0.4) is 0 Å². The maximum atomic E-state index is 2.45. The predicted molar refractivity (Wildman–Crippen MR) is 176 cm³/mol. The van der Waals surface area contributed by atoms with Crippen LogP contribution < -0.4 is 26.1 Å². The summed E-state index contributed by atoms with van der Waals surface area (Å²) in [6.07, 6.45) is 0. The SMILES string of the molecule is Cc1ccc([As](c2ccccc2)c2ccccc2)c(-c2cc(C)ccc2[As](c2ccccc2)c2ccccc2)c1. The zero-order chi connectivity index (χ0) is 27.3. The van der Waals surface area contributed by atoms with Crippen molar-refractivity contribution in [2.45, 2.75) is 13.8 Å². The van der Waals surface area contributed by atoms with E-state index in [-0.39, 0.29) is 0 Å². The molecule has 0 bridgehead atoms. The van der Waals surface area contributed by atoms with Gasteiger partial charge in [-0.15, -0.1) is 0 Å². The van der Waals surface area contributed by atoms with Crippen molar-refractivity contribution in [3.05, 3.63) is 169 Å². The monoisotopic (exact) mass is 638 g/mol. The summed E-state index contributed by atoms with van der Waals surface area (Å²) in [7, 11) is 0. The summed E-state index contributed by atoms with van der Waals surface area (Å²) in [6, 6.07) is 59.1. The van der Waals surface area contributed by atoms with Gasteiger partial charge < -0.3 is 0 Å². The van der Waals surface area contributed by atoms with Gasteiger partial charge in [0.05, 0.1) is 0 Å². The van der Waals surface area contributed by atoms with Gasteiger partial charge >= 0.3 is 249 Å². The van der Waals surface area contributed by atoms with Crippen molar-refractivity contribution < 1.29 is 0 Å². The Morgan fingerprint density at radius 3 is 0.875 bits per heavy atom. The van der Waals surface area contributed by atoms with Gasteiger partial charge in [-0.05, 0) is 0 Å². The molecular formula is C38H32As2. The molecule has 0 atom stereocenters. The number of benzene rings is 6. The van der Waals surface area contributed by atoms with Crippen LogP contribution in [0.15, 0.2) is 158 Å². The molecule has 0 aliphatic rings. The van der Waals surface area contributed by atoms with Gasteiger partial charge in [0.25, 0.3) is 0 Å². The van der Waals surface area contributed by atoms with Crippen LogP contribution in [0, 0.1) is 13.8 Å². The molecule has 6 rings (SSSR count). The fraction of sp³-hybridized carbons (Fsp3) is 0.0526. The first-order chi connectivity index (χ1) is 19.7. The number of aryl methyl sites for hydroxylation is 2. The second-order valence-electron chi connectivity index (χ2n) is 10.1. The molecule has 0 amide bonds. The van der Waals surface area contributed by atoms with Gasteiger partial charge in [-0.1, -0.05) is 0 Å². The Balaban J connectivity index is 1.63. The molecular weight excluding hydrogens is 606 g/mol. The molecule has 0 heterocycles. The second kappa shape index (κ2) is 12.3. The molecule has 0 nitrogen and oxygen atoms in total. The summed E-state index contributed by atoms with van der Waals surface area (Å²) >= 11 is -3.66. The Bertz CT molecular complexity index is 1490. The number of hydrogen-bond acceptors (Lipinski definition) is 0. The molecule has 0 saturated heterocycles. The molecule has 0 radical (unpaired) electrons. The van der Waals surface area contributed by atoms with E-state index in [0.29, 0.717) is 0 Å². The van der Waals surface area contributed by atoms with Gasteiger partial charge in [-0.2, -0.15) is 0 Å². The maximum absolute atomic E-state index is 2.45. The molecule has 0 saturated carbocycles. The van der Waals surface area contributed by atoms with Crippen molar-refractivity contribution in [3.8, 4) is 11.1 Å². The van der Waals surface area contributed by atoms with Gasteiger partial charge in [0.1, 0.15) is 0 Å². The third-order valence-corrected chi connectivity index (χ3v) is 17.6. The van der Waals surface area contributed by atoms with E-state index in [1.54, 1.807) is 0 Å². The Kier molecular flexibility index (Phi) is 8.20. The average Bonchev–Trinajstić information content (AvgIpc) is 3.01. The Morgan fingerprint density at radius 1 is 0.325 bits per heavy atom. The molecule has 0 unspecified atom stereocenters. The van der Waals surface area contributed by atoms with Gasteiger partial charge in [0, 0.05) is 0 Å². The quantitative estimate of drug-likeness (QED) is 0.216. The van der Waals surface area contributed by atoms with E-state index in [2.05, 4.69) is 172 Å². The number of hydrogen-bond donors (Lipinski definition) is 0. The standard InChI is InChI=1S/C38H32As2/c1-29-23-25-37(39(31-15-7-3-8-16-31)32-17-9-4-10-18-32)35(27-29)36-28-30(2)24-26-38(36)40(33-19-11-5-12-20-33)34-21-13-6-14-22-34/h3-28H,1-2H3. The van der Waals surface area contributed by atoms with E-state index in [1.807, 2.05) is 0 Å². The molecule has 40 heavy (non-hydrogen) atoms. The molecule has 0 aliphatic heterocycles. The van der Waals surface area contributed by atoms with Crippen LogP contribution in [0.4, 0.5) is 0 Å². The van der Waals surface area contributed by atoms with Crippen LogP contribution >= 0.6 is 0 Å². The minimum absolute atomic E-state index is 1.31. The van der Waals surface area contributed by atoms with Crippen molar-refractivity contribution in [3.63, 3.8) is 0 Å². The zero-order valence-corrected chi connectivity index (χ0v) is 26.7. The first kappa shape index (κ1) is 26.6. The van der Waals surface area contributed by atoms with E-state index in [4.69, 9.17) is 0 Å². The van der Waals surface area contributed by atoms with Crippen LogP contribution in [0.25, 0.3) is 11.1 Å². The van der Waals surface area contributed by atoms with Crippen LogP contribution in [-0.4, -0.2) is 29.3 Å². The molecule has 0 aliphatic carbocycles. The summed E-state index contributed by atoms with van der Waals surface area (Å²) in [6.45, 7) is 4.46. The Morgan fingerprint density at radius 2 is 0.600 bits per heavy atom. The van der Waals surface area contributed by atoms with Crippen molar-refractivity contribution in [2.24, 2.45) is 0 Å². The van der Waals surface area contributed by atoms with Gasteiger partial charge in [-0.25, -0.2) is 0 Å². The molecule has 0 spiro atoms. The molecule has 6 aromatic carbocycles. The molecule has 2 heteroatoms. The predicted octanol–water partition coefficient (Wildman–Crippen LogP) is 5.00. The first-order valence-electron chi connectivity index (χ1n) is 13.7. The zero-order valence-electron chi connectivity index (χ0n) is 22.9. The summed E-state index contributed by atoms with van der Waals surface area (Å²) in [4.78, 5) is 0. The van der Waals surface area contributed by atoms with Crippen LogP contribution in [0.2, 0.25) is 0 Å². The van der Waals surface area contributed by atoms with Gasteiger partial charge in [-0.3, -0.25) is 0 Å². The molecule has 6 aromatic rings. The van der Waals surface area contributed by atoms with E-state index >= 15 is 0 Å². The van der Waals surface area contributed by atoms with E-state index < -0.39 is 29.3 Å². The Hall–Kier alpha value is -3.56. The van der Waals surface area contributed by atoms with Crippen molar-refractivity contribution in [2.75, 3.05) is 0 Å². The fourth-order valence-electron chi connectivity index (χ4n) is 5.28. The van der Waals surface area contributed by atoms with Gasteiger partial charge in [0.15, 0.2) is 0 Å². The number of rotatable bonds is 7. The summed E-state index contributed by atoms with van der Waals surface area (Å²) < 4.78 is 8.83. The third kappa shape index (κ3) is 5.67. The normalized spacial score (nSPS) is 11.2. The first-order valence-corrected chi connectivity index (χ1v) is 19.3. The third-order valence-electron chi connectivity index (χ3n) is 7.13. The fourth-order valence-corrected chi connectivity index (χ4v) is 15.5. The van der Waals surface area contributed by atoms with Crippen molar-refractivity contribution >= 4 is 55.4 Å². The minimum atomic E-state index is -1.83. The summed E-state index contributed by atoms with van der Waals surface area (Å²) in [5.74, 6) is 0. The van der Waals surface area contributed by atoms with Crippen LogP contribution in [0.1, 0.15) is 11.1 Å². The molecule has 0 N–H and O–H groups in total. The molecule has 0 fully saturated rings. The van der Waals surface area contributed by atoms with Crippen LogP contribution in [-0.2, 0) is 0 Å². The topological polar surface area (TPSA) is 0 Å². The Labute approximate surface area is 247 Å². The van der Waals surface area contributed by atoms with Crippen LogP contribution in [0.5, 0.6) is 0 Å². The van der Waals surface area contributed by atoms with Crippen molar-refractivity contribution in [1.82, 2.24) is 0 Å². The average molecular weight is 639 g/mol.